The Balaban J connectivity index is 1.14. The number of benzene rings is 5. The zero-order valence-corrected chi connectivity index (χ0v) is 26.0. The molecule has 0 saturated heterocycles. The molecule has 0 N–H and O–H groups in total. The third kappa shape index (κ3) is 7.24. The van der Waals surface area contributed by atoms with Crippen LogP contribution in [0.15, 0.2) is 140 Å². The molecule has 1 aromatic heterocycles. The van der Waals surface area contributed by atoms with Crippen molar-refractivity contribution in [3.8, 4) is 44.6 Å². The van der Waals surface area contributed by atoms with Crippen LogP contribution in [-0.4, -0.2) is 4.98 Å². The van der Waals surface area contributed by atoms with Gasteiger partial charge in [-0.1, -0.05) is 122 Å². The molecule has 0 amide bonds. The summed E-state index contributed by atoms with van der Waals surface area (Å²) in [6.45, 7) is 4.46. The third-order valence-electron chi connectivity index (χ3n) is 8.62. The van der Waals surface area contributed by atoms with E-state index in [4.69, 9.17) is 0 Å². The van der Waals surface area contributed by atoms with E-state index in [1.165, 1.54) is 87.7 Å². The molecule has 0 bridgehead atoms. The Kier molecular flexibility index (Phi) is 9.43. The van der Waals surface area contributed by atoms with Gasteiger partial charge in [-0.05, 0) is 119 Å². The summed E-state index contributed by atoms with van der Waals surface area (Å²) in [5.74, 6) is 0. The topological polar surface area (TPSA) is 12.9 Å². The van der Waals surface area contributed by atoms with Gasteiger partial charge in [0.2, 0.25) is 0 Å². The molecular formula is C43H41N. The van der Waals surface area contributed by atoms with Crippen molar-refractivity contribution in [1.29, 1.82) is 0 Å². The van der Waals surface area contributed by atoms with Gasteiger partial charge in [0.1, 0.15) is 0 Å². The van der Waals surface area contributed by atoms with E-state index >= 15 is 0 Å². The predicted octanol–water partition coefficient (Wildman–Crippen LogP) is 11.7. The van der Waals surface area contributed by atoms with Crippen LogP contribution < -0.4 is 0 Å². The maximum absolute atomic E-state index is 4.56. The highest BCUT2D eigenvalue weighted by atomic mass is 14.7. The van der Waals surface area contributed by atoms with Gasteiger partial charge in [-0.3, -0.25) is 4.98 Å². The smallest absolute Gasteiger partial charge is 0.0702 e. The molecule has 6 rings (SSSR count). The number of rotatable bonds is 11. The Morgan fingerprint density at radius 1 is 0.409 bits per heavy atom. The van der Waals surface area contributed by atoms with Crippen LogP contribution in [0.5, 0.6) is 0 Å². The molecule has 0 fully saturated rings. The van der Waals surface area contributed by atoms with Gasteiger partial charge in [0.15, 0.2) is 0 Å². The largest absolute Gasteiger partial charge is 0.256 e. The maximum atomic E-state index is 4.56. The first-order valence-corrected chi connectivity index (χ1v) is 16.0. The number of aryl methyl sites for hydroxylation is 4. The van der Waals surface area contributed by atoms with Crippen molar-refractivity contribution >= 4 is 0 Å². The minimum atomic E-state index is 1.00. The Morgan fingerprint density at radius 2 is 0.955 bits per heavy atom. The monoisotopic (exact) mass is 571 g/mol. The van der Waals surface area contributed by atoms with Crippen LogP contribution in [0.25, 0.3) is 44.6 Å². The van der Waals surface area contributed by atoms with Crippen LogP contribution in [0, 0.1) is 13.8 Å². The van der Waals surface area contributed by atoms with E-state index in [0.717, 1.165) is 17.7 Å². The lowest BCUT2D eigenvalue weighted by Gasteiger charge is -2.15. The van der Waals surface area contributed by atoms with Gasteiger partial charge in [0.25, 0.3) is 0 Å². The van der Waals surface area contributed by atoms with Crippen LogP contribution in [0.1, 0.15) is 47.9 Å². The van der Waals surface area contributed by atoms with Crippen LogP contribution in [-0.2, 0) is 12.8 Å². The second-order valence-corrected chi connectivity index (χ2v) is 12.0. The molecule has 1 nitrogen and oxygen atoms in total. The van der Waals surface area contributed by atoms with Crippen molar-refractivity contribution in [3.63, 3.8) is 0 Å². The summed E-state index contributed by atoms with van der Waals surface area (Å²) < 4.78 is 0. The second kappa shape index (κ2) is 14.1. The molecule has 0 radical (unpaired) electrons. The lowest BCUT2D eigenvalue weighted by Crippen LogP contribution is -1.92. The molecule has 0 saturated carbocycles. The van der Waals surface area contributed by atoms with Crippen molar-refractivity contribution in [2.75, 3.05) is 0 Å². The van der Waals surface area contributed by atoms with Crippen LogP contribution >= 0.6 is 0 Å². The summed E-state index contributed by atoms with van der Waals surface area (Å²) in [4.78, 5) is 4.56. The molecule has 1 heterocycles. The number of aromatic nitrogens is 1. The van der Waals surface area contributed by atoms with E-state index in [9.17, 15) is 0 Å². The number of nitrogens with zero attached hydrogens (tertiary/aromatic N) is 1. The molecule has 5 aromatic carbocycles. The fraction of sp³-hybridized carbons (Fsp3) is 0.186. The van der Waals surface area contributed by atoms with Crippen LogP contribution in [0.2, 0.25) is 0 Å². The summed E-state index contributed by atoms with van der Waals surface area (Å²) in [7, 11) is 0. The van der Waals surface area contributed by atoms with Gasteiger partial charge in [0, 0.05) is 11.8 Å². The molecule has 0 unspecified atom stereocenters. The average molecular weight is 572 g/mol. The van der Waals surface area contributed by atoms with E-state index in [-0.39, 0.29) is 0 Å². The summed E-state index contributed by atoms with van der Waals surface area (Å²) in [6, 6.07) is 48.5. The molecular weight excluding hydrogens is 530 g/mol. The summed E-state index contributed by atoms with van der Waals surface area (Å²) in [6.07, 6.45) is 9.28. The Hall–Kier alpha value is -4.75. The standard InChI is InChI=1S/C43H41N/c1-32-27-41(28-33(2)43(32)40-24-14-23-39(31-40)42-25-10-11-26-44-42)38-22-13-21-37(30-38)36-20-12-19-35(29-36)18-7-4-3-6-15-34-16-8-5-9-17-34/h5,8-14,16-17,19-31H,3-4,6-7,15,18H2,1-2H3. The van der Waals surface area contributed by atoms with Crippen molar-refractivity contribution in [3.05, 3.63) is 162 Å². The van der Waals surface area contributed by atoms with Crippen LogP contribution in [0.3, 0.4) is 0 Å². The lowest BCUT2D eigenvalue weighted by atomic mass is 9.89. The minimum Gasteiger partial charge on any atom is -0.256 e. The molecule has 0 spiro atoms. The van der Waals surface area contributed by atoms with E-state index in [0.29, 0.717) is 0 Å². The van der Waals surface area contributed by atoms with Gasteiger partial charge >= 0.3 is 0 Å². The number of unbranched alkanes of at least 4 members (excludes halogenated alkanes) is 3. The van der Waals surface area contributed by atoms with Gasteiger partial charge in [-0.15, -0.1) is 0 Å². The quantitative estimate of drug-likeness (QED) is 0.141. The van der Waals surface area contributed by atoms with E-state index < -0.39 is 0 Å². The Labute approximate surface area is 263 Å². The SMILES string of the molecule is Cc1cc(-c2cccc(-c3cccc(CCCCCCc4ccccc4)c3)c2)cc(C)c1-c1cccc(-c2ccccn2)c1. The molecule has 0 aliphatic heterocycles. The van der Waals surface area contributed by atoms with Gasteiger partial charge in [-0.25, -0.2) is 0 Å². The summed E-state index contributed by atoms with van der Waals surface area (Å²) >= 11 is 0. The van der Waals surface area contributed by atoms with Gasteiger partial charge < -0.3 is 0 Å². The first-order valence-electron chi connectivity index (χ1n) is 16.0. The zero-order valence-electron chi connectivity index (χ0n) is 26.0. The first-order chi connectivity index (χ1) is 21.6. The maximum Gasteiger partial charge on any atom is 0.0702 e. The molecule has 1 heteroatoms. The van der Waals surface area contributed by atoms with E-state index in [2.05, 4.69) is 140 Å². The van der Waals surface area contributed by atoms with Gasteiger partial charge in [-0.2, -0.15) is 0 Å². The van der Waals surface area contributed by atoms with Crippen molar-refractivity contribution < 1.29 is 0 Å². The molecule has 0 aliphatic rings. The molecule has 0 atom stereocenters. The second-order valence-electron chi connectivity index (χ2n) is 12.0. The molecule has 0 aliphatic carbocycles. The zero-order chi connectivity index (χ0) is 30.1. The molecule has 44 heavy (non-hydrogen) atoms. The number of hydrogen-bond donors (Lipinski definition) is 0. The van der Waals surface area contributed by atoms with Crippen molar-refractivity contribution in [2.24, 2.45) is 0 Å². The highest BCUT2D eigenvalue weighted by molar-refractivity contribution is 5.80. The fourth-order valence-corrected chi connectivity index (χ4v) is 6.39. The van der Waals surface area contributed by atoms with Crippen LogP contribution in [0.4, 0.5) is 0 Å². The first kappa shape index (κ1) is 29.3. The number of hydrogen-bond acceptors (Lipinski definition) is 1. The minimum absolute atomic E-state index is 1.00. The van der Waals surface area contributed by atoms with E-state index in [1.54, 1.807) is 0 Å². The summed E-state index contributed by atoms with van der Waals surface area (Å²) in [5.41, 5.74) is 15.2. The normalized spacial score (nSPS) is 11.0. The number of pyridine rings is 1. The molecule has 218 valence electrons. The van der Waals surface area contributed by atoms with Gasteiger partial charge in [0.05, 0.1) is 5.69 Å². The van der Waals surface area contributed by atoms with E-state index in [1.807, 2.05) is 18.3 Å². The Morgan fingerprint density at radius 3 is 1.66 bits per heavy atom. The predicted molar refractivity (Wildman–Crippen MR) is 188 cm³/mol. The highest BCUT2D eigenvalue weighted by Crippen LogP contribution is 2.35. The fourth-order valence-electron chi connectivity index (χ4n) is 6.39. The summed E-state index contributed by atoms with van der Waals surface area (Å²) in [5, 5.41) is 0. The molecule has 6 aromatic rings. The van der Waals surface area contributed by atoms with Crippen molar-refractivity contribution in [1.82, 2.24) is 4.98 Å². The Bertz CT molecular complexity index is 1790. The van der Waals surface area contributed by atoms with Crippen molar-refractivity contribution in [2.45, 2.75) is 52.4 Å². The third-order valence-corrected chi connectivity index (χ3v) is 8.62. The average Bonchev–Trinajstić information content (AvgIpc) is 3.07. The highest BCUT2D eigenvalue weighted by Gasteiger charge is 2.11. The lowest BCUT2D eigenvalue weighted by molar-refractivity contribution is 0.640.